The van der Waals surface area contributed by atoms with E-state index < -0.39 is 18.3 Å². The number of ether oxygens (including phenoxy) is 1. The van der Waals surface area contributed by atoms with E-state index in [1.54, 1.807) is 4.68 Å². The molecule has 1 aliphatic heterocycles. The van der Waals surface area contributed by atoms with Gasteiger partial charge in [-0.3, -0.25) is 4.68 Å². The summed E-state index contributed by atoms with van der Waals surface area (Å²) in [5, 5.41) is 8.35. The highest BCUT2D eigenvalue weighted by atomic mass is 16.7. The molecule has 1 saturated carbocycles. The monoisotopic (exact) mass is 448 g/mol. The van der Waals surface area contributed by atoms with Crippen molar-refractivity contribution in [2.75, 3.05) is 7.11 Å². The average Bonchev–Trinajstić information content (AvgIpc) is 3.11. The van der Waals surface area contributed by atoms with Gasteiger partial charge in [0.2, 0.25) is 0 Å². The third-order valence-electron chi connectivity index (χ3n) is 7.15. The van der Waals surface area contributed by atoms with Crippen molar-refractivity contribution in [3.8, 4) is 5.69 Å². The average molecular weight is 448 g/mol. The summed E-state index contributed by atoms with van der Waals surface area (Å²) in [7, 11) is 2.81. The lowest BCUT2D eigenvalue weighted by Gasteiger charge is -2.32. The van der Waals surface area contributed by atoms with E-state index in [1.807, 2.05) is 71.4 Å². The largest absolute Gasteiger partial charge is 0.494 e. The number of rotatable bonds is 5. The molecule has 0 bridgehead atoms. The molecule has 2 unspecified atom stereocenters. The molecule has 2 atom stereocenters. The van der Waals surface area contributed by atoms with E-state index in [4.69, 9.17) is 14.0 Å². The van der Waals surface area contributed by atoms with Crippen LogP contribution in [0.15, 0.2) is 42.7 Å². The molecule has 0 radical (unpaired) electrons. The van der Waals surface area contributed by atoms with Crippen LogP contribution in [0.25, 0.3) is 5.69 Å². The maximum atomic E-state index is 12.6. The Morgan fingerprint density at radius 2 is 1.88 bits per heavy atom. The van der Waals surface area contributed by atoms with Gasteiger partial charge < -0.3 is 18.6 Å². The molecular formula is C24H29BN4O4. The van der Waals surface area contributed by atoms with Crippen molar-refractivity contribution >= 4 is 18.6 Å². The first-order chi connectivity index (χ1) is 15.6. The van der Waals surface area contributed by atoms with Crippen LogP contribution in [0.2, 0.25) is 0 Å². The summed E-state index contributed by atoms with van der Waals surface area (Å²) in [6, 6.07) is 9.92. The molecule has 2 fully saturated rings. The summed E-state index contributed by atoms with van der Waals surface area (Å²) in [5.74, 6) is 0.0454. The number of carbonyl (C=O) groups excluding carboxylic acids is 1. The Bertz CT molecular complexity index is 1200. The molecule has 0 N–H and O–H groups in total. The molecule has 1 aromatic carbocycles. The molecule has 33 heavy (non-hydrogen) atoms. The van der Waals surface area contributed by atoms with Crippen LogP contribution in [-0.2, 0) is 21.1 Å². The topological polar surface area (TPSA) is 80.4 Å². The van der Waals surface area contributed by atoms with Gasteiger partial charge in [0, 0.05) is 42.7 Å². The predicted octanol–water partition coefficient (Wildman–Crippen LogP) is 2.96. The zero-order chi connectivity index (χ0) is 23.5. The van der Waals surface area contributed by atoms with Crippen molar-refractivity contribution in [1.82, 2.24) is 19.6 Å². The molecule has 9 heteroatoms. The van der Waals surface area contributed by atoms with Gasteiger partial charge in [-0.25, -0.2) is 4.79 Å². The van der Waals surface area contributed by atoms with Gasteiger partial charge in [-0.1, -0.05) is 17.3 Å². The number of benzene rings is 1. The second kappa shape index (κ2) is 7.57. The van der Waals surface area contributed by atoms with Gasteiger partial charge in [0.05, 0.1) is 29.6 Å². The molecule has 1 aliphatic carbocycles. The lowest BCUT2D eigenvalue weighted by atomic mass is 9.79. The van der Waals surface area contributed by atoms with Gasteiger partial charge in [-0.15, -0.1) is 5.10 Å². The van der Waals surface area contributed by atoms with Crippen LogP contribution >= 0.6 is 0 Å². The first kappa shape index (κ1) is 21.9. The first-order valence-electron chi connectivity index (χ1n) is 11.2. The van der Waals surface area contributed by atoms with Crippen molar-refractivity contribution in [2.24, 2.45) is 7.05 Å². The lowest BCUT2D eigenvalue weighted by Crippen LogP contribution is -2.41. The van der Waals surface area contributed by atoms with E-state index in [1.165, 1.54) is 7.11 Å². The fourth-order valence-electron chi connectivity index (χ4n) is 4.49. The highest BCUT2D eigenvalue weighted by Gasteiger charge is 2.52. The van der Waals surface area contributed by atoms with Gasteiger partial charge in [0.15, 0.2) is 0 Å². The number of hydrogen-bond acceptors (Lipinski definition) is 6. The summed E-state index contributed by atoms with van der Waals surface area (Å²) in [5.41, 5.74) is 3.50. The summed E-state index contributed by atoms with van der Waals surface area (Å²) < 4.78 is 21.3. The normalized spacial score (nSPS) is 23.0. The Morgan fingerprint density at radius 1 is 1.15 bits per heavy atom. The molecule has 0 spiro atoms. The number of nitrogens with zero attached hydrogens (tertiary/aromatic N) is 4. The van der Waals surface area contributed by atoms with E-state index >= 15 is 0 Å². The number of aryl methyl sites for hydroxylation is 1. The molecule has 2 aromatic heterocycles. The molecule has 3 aromatic rings. The van der Waals surface area contributed by atoms with Crippen LogP contribution < -0.4 is 5.46 Å². The second-order valence-corrected chi connectivity index (χ2v) is 9.93. The van der Waals surface area contributed by atoms with Crippen LogP contribution in [0.3, 0.4) is 0 Å². The zero-order valence-corrected chi connectivity index (χ0v) is 19.9. The van der Waals surface area contributed by atoms with E-state index in [0.29, 0.717) is 5.56 Å². The highest BCUT2D eigenvalue weighted by molar-refractivity contribution is 6.62. The standard InChI is InChI=1S/C24H29BN4O4/c1-23(2)24(3,4)33-25(32-23)15-8-7-9-16(12-15)29-11-10-17(22(30)31-6)21(29)19-13-18(19)20-14-28(5)27-26-20/h7-12,14,18-19H,13H2,1-6H3. The molecule has 172 valence electrons. The summed E-state index contributed by atoms with van der Waals surface area (Å²) in [6.07, 6.45) is 4.77. The van der Waals surface area contributed by atoms with Crippen molar-refractivity contribution in [3.63, 3.8) is 0 Å². The smallest absolute Gasteiger partial charge is 0.465 e. The number of hydrogen-bond donors (Lipinski definition) is 0. The second-order valence-electron chi connectivity index (χ2n) is 9.93. The van der Waals surface area contributed by atoms with Gasteiger partial charge in [0.1, 0.15) is 0 Å². The maximum absolute atomic E-state index is 12.6. The number of methoxy groups -OCH3 is 1. The van der Waals surface area contributed by atoms with E-state index in [2.05, 4.69) is 20.9 Å². The van der Waals surface area contributed by atoms with Gasteiger partial charge in [-0.2, -0.15) is 0 Å². The van der Waals surface area contributed by atoms with Crippen LogP contribution in [0, 0.1) is 0 Å². The summed E-state index contributed by atoms with van der Waals surface area (Å²) in [4.78, 5) is 12.6. The Hall–Kier alpha value is -2.91. The third kappa shape index (κ3) is 3.69. The Balaban J connectivity index is 1.51. The number of esters is 1. The van der Waals surface area contributed by atoms with E-state index in [-0.39, 0.29) is 17.8 Å². The summed E-state index contributed by atoms with van der Waals surface area (Å²) >= 11 is 0. The van der Waals surface area contributed by atoms with Crippen molar-refractivity contribution in [2.45, 2.75) is 57.2 Å². The Morgan fingerprint density at radius 3 is 2.52 bits per heavy atom. The molecule has 2 aliphatic rings. The van der Waals surface area contributed by atoms with Crippen LogP contribution in [0.4, 0.5) is 0 Å². The van der Waals surface area contributed by atoms with Crippen molar-refractivity contribution < 1.29 is 18.8 Å². The quantitative estimate of drug-likeness (QED) is 0.441. The molecule has 1 saturated heterocycles. The van der Waals surface area contributed by atoms with Crippen molar-refractivity contribution in [1.29, 1.82) is 0 Å². The fraction of sp³-hybridized carbons (Fsp3) is 0.458. The van der Waals surface area contributed by atoms with Gasteiger partial charge in [-0.05, 0) is 57.8 Å². The Labute approximate surface area is 194 Å². The van der Waals surface area contributed by atoms with E-state index in [9.17, 15) is 4.79 Å². The van der Waals surface area contributed by atoms with Crippen LogP contribution in [0.1, 0.15) is 67.7 Å². The number of carbonyl (C=O) groups is 1. The minimum absolute atomic E-state index is 0.159. The SMILES string of the molecule is COC(=O)c1ccn(-c2cccc(B3OC(C)(C)C(C)(C)O3)c2)c1C1CC1c1cn(C)nn1. The maximum Gasteiger partial charge on any atom is 0.494 e. The third-order valence-corrected chi connectivity index (χ3v) is 7.15. The molecule has 5 rings (SSSR count). The Kier molecular flexibility index (Phi) is 5.02. The van der Waals surface area contributed by atoms with Gasteiger partial charge in [0.25, 0.3) is 0 Å². The van der Waals surface area contributed by atoms with Crippen LogP contribution in [-0.4, -0.2) is 51.0 Å². The number of aromatic nitrogens is 4. The lowest BCUT2D eigenvalue weighted by molar-refractivity contribution is 0.00578. The molecule has 0 amide bonds. The molecule has 3 heterocycles. The zero-order valence-electron chi connectivity index (χ0n) is 19.9. The first-order valence-corrected chi connectivity index (χ1v) is 11.2. The minimum atomic E-state index is -0.456. The predicted molar refractivity (Wildman–Crippen MR) is 124 cm³/mol. The van der Waals surface area contributed by atoms with Crippen molar-refractivity contribution in [3.05, 3.63) is 59.7 Å². The molecule has 8 nitrogen and oxygen atoms in total. The summed E-state index contributed by atoms with van der Waals surface area (Å²) in [6.45, 7) is 8.18. The van der Waals surface area contributed by atoms with Gasteiger partial charge >= 0.3 is 13.1 Å². The minimum Gasteiger partial charge on any atom is -0.465 e. The molecular weight excluding hydrogens is 419 g/mol. The van der Waals surface area contributed by atoms with Crippen LogP contribution in [0.5, 0.6) is 0 Å². The fourth-order valence-corrected chi connectivity index (χ4v) is 4.49. The highest BCUT2D eigenvalue weighted by Crippen LogP contribution is 2.55. The van der Waals surface area contributed by atoms with E-state index in [0.717, 1.165) is 29.0 Å².